The zero-order valence-corrected chi connectivity index (χ0v) is 17.5. The van der Waals surface area contributed by atoms with Gasteiger partial charge in [0, 0.05) is 31.1 Å². The first kappa shape index (κ1) is 20.9. The first-order valence-corrected chi connectivity index (χ1v) is 10.9. The summed E-state index contributed by atoms with van der Waals surface area (Å²) in [4.78, 5) is 29.4. The number of amides is 2. The van der Waals surface area contributed by atoms with Crippen LogP contribution in [-0.2, 0) is 14.3 Å². The molecule has 6 heteroatoms. The molecule has 0 unspecified atom stereocenters. The third-order valence-electron chi connectivity index (χ3n) is 6.76. The highest BCUT2D eigenvalue weighted by atomic mass is 16.5. The summed E-state index contributed by atoms with van der Waals surface area (Å²) < 4.78 is 4.95. The lowest BCUT2D eigenvalue weighted by molar-refractivity contribution is -0.168. The molecule has 1 N–H and O–H groups in total. The highest BCUT2D eigenvalue weighted by Gasteiger charge is 2.54. The predicted octanol–water partition coefficient (Wildman–Crippen LogP) is 1.76. The first-order valence-electron chi connectivity index (χ1n) is 10.9. The molecule has 0 bridgehead atoms. The largest absolute Gasteiger partial charge is 0.394 e. The van der Waals surface area contributed by atoms with Crippen molar-refractivity contribution in [1.82, 2.24) is 9.80 Å². The number of rotatable bonds is 4. The number of carbonyl (C=O) groups excluding carboxylic acids is 2. The van der Waals surface area contributed by atoms with Gasteiger partial charge in [-0.3, -0.25) is 9.59 Å². The quantitative estimate of drug-likeness (QED) is 0.768. The van der Waals surface area contributed by atoms with Gasteiger partial charge in [0.2, 0.25) is 11.8 Å². The van der Waals surface area contributed by atoms with E-state index in [0.29, 0.717) is 13.2 Å². The molecular formula is C24H30N2O4. The van der Waals surface area contributed by atoms with Crippen molar-refractivity contribution in [3.05, 3.63) is 35.4 Å². The number of hydrogen-bond acceptors (Lipinski definition) is 4. The van der Waals surface area contributed by atoms with Crippen LogP contribution in [0, 0.1) is 17.8 Å². The van der Waals surface area contributed by atoms with Gasteiger partial charge in [0.1, 0.15) is 6.61 Å². The van der Waals surface area contributed by atoms with Gasteiger partial charge in [0.25, 0.3) is 0 Å². The summed E-state index contributed by atoms with van der Waals surface area (Å²) in [7, 11) is 1.61. The summed E-state index contributed by atoms with van der Waals surface area (Å²) in [6.07, 6.45) is 5.27. The summed E-state index contributed by atoms with van der Waals surface area (Å²) in [5.74, 6) is 6.17. The monoisotopic (exact) mass is 410 g/mol. The molecule has 1 aliphatic carbocycles. The number of benzene rings is 1. The van der Waals surface area contributed by atoms with E-state index in [2.05, 4.69) is 11.8 Å². The summed E-state index contributed by atoms with van der Waals surface area (Å²) in [5.41, 5.74) is 1.98. The Bertz CT molecular complexity index is 835. The lowest BCUT2D eigenvalue weighted by atomic mass is 9.73. The smallest absolute Gasteiger partial charge is 0.242 e. The second-order valence-electron chi connectivity index (χ2n) is 8.55. The van der Waals surface area contributed by atoms with Crippen LogP contribution in [0.1, 0.15) is 49.1 Å². The third kappa shape index (κ3) is 3.97. The fourth-order valence-corrected chi connectivity index (χ4v) is 5.27. The molecule has 6 nitrogen and oxygen atoms in total. The van der Waals surface area contributed by atoms with E-state index < -0.39 is 0 Å². The minimum absolute atomic E-state index is 0.0295. The zero-order chi connectivity index (χ0) is 21.1. The molecule has 30 heavy (non-hydrogen) atoms. The maximum absolute atomic E-state index is 13.0. The number of aliphatic hydroxyl groups is 1. The van der Waals surface area contributed by atoms with Gasteiger partial charge < -0.3 is 19.6 Å². The van der Waals surface area contributed by atoms with Crippen molar-refractivity contribution >= 4 is 11.8 Å². The maximum Gasteiger partial charge on any atom is 0.242 e. The molecule has 160 valence electrons. The van der Waals surface area contributed by atoms with E-state index >= 15 is 0 Å². The standard InChI is InChI=1S/C24H30N2O4/c1-30-13-5-6-17-9-11-18(12-10-17)23-20-14-25(15-22(28)26(20)21(23)16-27)24(29)19-7-3-2-4-8-19/h9-12,19-21,23,27H,2-4,7-8,13-16H2,1H3/t20-,21+,23-/m0/s1. The molecule has 2 amide bonds. The third-order valence-corrected chi connectivity index (χ3v) is 6.76. The van der Waals surface area contributed by atoms with E-state index in [1.54, 1.807) is 16.9 Å². The molecule has 0 radical (unpaired) electrons. The van der Waals surface area contributed by atoms with E-state index in [-0.39, 0.29) is 48.9 Å². The maximum atomic E-state index is 13.0. The number of carbonyl (C=O) groups is 2. The Morgan fingerprint density at radius 2 is 1.93 bits per heavy atom. The number of methoxy groups -OCH3 is 1. The van der Waals surface area contributed by atoms with Gasteiger partial charge in [0.15, 0.2) is 0 Å². The minimum Gasteiger partial charge on any atom is -0.394 e. The van der Waals surface area contributed by atoms with Crippen molar-refractivity contribution in [2.75, 3.05) is 33.4 Å². The van der Waals surface area contributed by atoms with Crippen molar-refractivity contribution < 1.29 is 19.4 Å². The Hall–Kier alpha value is -2.36. The Balaban J connectivity index is 1.49. The molecule has 2 aliphatic heterocycles. The Kier molecular flexibility index (Phi) is 6.40. The molecule has 1 aromatic carbocycles. The normalized spacial score (nSPS) is 26.5. The number of hydrogen-bond donors (Lipinski definition) is 1. The predicted molar refractivity (Wildman–Crippen MR) is 113 cm³/mol. The van der Waals surface area contributed by atoms with Crippen LogP contribution >= 0.6 is 0 Å². The topological polar surface area (TPSA) is 70.1 Å². The molecular weight excluding hydrogens is 380 g/mol. The van der Waals surface area contributed by atoms with Gasteiger partial charge >= 0.3 is 0 Å². The van der Waals surface area contributed by atoms with Gasteiger partial charge in [-0.05, 0) is 30.5 Å². The molecule has 0 spiro atoms. The van der Waals surface area contributed by atoms with Gasteiger partial charge in [-0.1, -0.05) is 43.2 Å². The average Bonchev–Trinajstić information content (AvgIpc) is 2.76. The second kappa shape index (κ2) is 9.20. The van der Waals surface area contributed by atoms with Crippen molar-refractivity contribution in [3.63, 3.8) is 0 Å². The van der Waals surface area contributed by atoms with Crippen LogP contribution in [0.3, 0.4) is 0 Å². The number of ether oxygens (including phenoxy) is 1. The van der Waals surface area contributed by atoms with Gasteiger partial charge in [-0.25, -0.2) is 0 Å². The Labute approximate surface area is 178 Å². The van der Waals surface area contributed by atoms with Gasteiger partial charge in [-0.15, -0.1) is 0 Å². The number of aliphatic hydroxyl groups excluding tert-OH is 1. The van der Waals surface area contributed by atoms with E-state index in [1.165, 1.54) is 6.42 Å². The van der Waals surface area contributed by atoms with Crippen LogP contribution in [0.15, 0.2) is 24.3 Å². The summed E-state index contributed by atoms with van der Waals surface area (Å²) in [6, 6.07) is 7.68. The summed E-state index contributed by atoms with van der Waals surface area (Å²) >= 11 is 0. The van der Waals surface area contributed by atoms with Crippen LogP contribution in [-0.4, -0.2) is 72.2 Å². The van der Waals surface area contributed by atoms with Gasteiger partial charge in [0.05, 0.1) is 25.2 Å². The number of piperazine rings is 1. The SMILES string of the molecule is COCC#Cc1ccc([C@@H]2[C@@H](CO)N3C(=O)CN(C(=O)C4CCCCC4)C[C@@H]23)cc1. The van der Waals surface area contributed by atoms with Crippen molar-refractivity contribution in [3.8, 4) is 11.8 Å². The highest BCUT2D eigenvalue weighted by Crippen LogP contribution is 2.43. The minimum atomic E-state index is -0.222. The van der Waals surface area contributed by atoms with E-state index in [9.17, 15) is 14.7 Å². The van der Waals surface area contributed by atoms with E-state index in [0.717, 1.165) is 36.8 Å². The van der Waals surface area contributed by atoms with Crippen LogP contribution in [0.5, 0.6) is 0 Å². The van der Waals surface area contributed by atoms with Crippen molar-refractivity contribution in [2.45, 2.75) is 50.1 Å². The molecule has 4 rings (SSSR count). The van der Waals surface area contributed by atoms with E-state index in [4.69, 9.17) is 4.74 Å². The van der Waals surface area contributed by atoms with Crippen LogP contribution < -0.4 is 0 Å². The molecule has 1 aromatic rings. The number of nitrogens with zero attached hydrogens (tertiary/aromatic N) is 2. The number of fused-ring (bicyclic) bond motifs is 1. The van der Waals surface area contributed by atoms with Crippen molar-refractivity contribution in [1.29, 1.82) is 0 Å². The van der Waals surface area contributed by atoms with Crippen LogP contribution in [0.25, 0.3) is 0 Å². The molecule has 2 saturated heterocycles. The Morgan fingerprint density at radius 1 is 1.20 bits per heavy atom. The molecule has 3 aliphatic rings. The Morgan fingerprint density at radius 3 is 2.60 bits per heavy atom. The van der Waals surface area contributed by atoms with Crippen molar-refractivity contribution in [2.24, 2.45) is 5.92 Å². The van der Waals surface area contributed by atoms with Crippen LogP contribution in [0.4, 0.5) is 0 Å². The first-order chi connectivity index (χ1) is 14.6. The molecule has 3 atom stereocenters. The zero-order valence-electron chi connectivity index (χ0n) is 17.5. The molecule has 1 saturated carbocycles. The van der Waals surface area contributed by atoms with E-state index in [1.807, 2.05) is 24.3 Å². The lowest BCUT2D eigenvalue weighted by Gasteiger charge is -2.59. The fraction of sp³-hybridized carbons (Fsp3) is 0.583. The lowest BCUT2D eigenvalue weighted by Crippen LogP contribution is -2.73. The fourth-order valence-electron chi connectivity index (χ4n) is 5.27. The summed E-state index contributed by atoms with van der Waals surface area (Å²) in [5, 5.41) is 9.94. The summed E-state index contributed by atoms with van der Waals surface area (Å²) in [6.45, 7) is 1.01. The average molecular weight is 411 g/mol. The van der Waals surface area contributed by atoms with Gasteiger partial charge in [-0.2, -0.15) is 0 Å². The molecule has 2 heterocycles. The molecule has 0 aromatic heterocycles. The highest BCUT2D eigenvalue weighted by molar-refractivity contribution is 5.88. The van der Waals surface area contributed by atoms with Crippen LogP contribution in [0.2, 0.25) is 0 Å². The molecule has 3 fully saturated rings. The second-order valence-corrected chi connectivity index (χ2v) is 8.55.